The fourth-order valence-corrected chi connectivity index (χ4v) is 1.93. The Hall–Kier alpha value is -1.94. The van der Waals surface area contributed by atoms with Gasteiger partial charge in [-0.3, -0.25) is 9.78 Å². The van der Waals surface area contributed by atoms with E-state index in [0.29, 0.717) is 6.54 Å². The van der Waals surface area contributed by atoms with Crippen molar-refractivity contribution in [1.29, 1.82) is 0 Å². The number of nitrogens with zero attached hydrogens (tertiary/aromatic N) is 1. The molecule has 0 unspecified atom stereocenters. The fourth-order valence-electron chi connectivity index (χ4n) is 1.93. The molecule has 0 fully saturated rings. The van der Waals surface area contributed by atoms with E-state index < -0.39 is 0 Å². The Balaban J connectivity index is 2.35. The number of carbonyl (C=O) groups is 1. The third kappa shape index (κ3) is 2.84. The summed E-state index contributed by atoms with van der Waals surface area (Å²) in [6.45, 7) is 2.38. The zero-order valence-electron chi connectivity index (χ0n) is 10.9. The minimum absolute atomic E-state index is 0.0192. The summed E-state index contributed by atoms with van der Waals surface area (Å²) in [5.41, 5.74) is 2.65. The van der Waals surface area contributed by atoms with Crippen molar-refractivity contribution in [2.45, 2.75) is 6.92 Å². The van der Waals surface area contributed by atoms with Gasteiger partial charge in [0.2, 0.25) is 0 Å². The van der Waals surface area contributed by atoms with Crippen LogP contribution >= 0.6 is 0 Å². The first-order chi connectivity index (χ1) is 8.56. The Morgan fingerprint density at radius 2 is 2.06 bits per heavy atom. The summed E-state index contributed by atoms with van der Waals surface area (Å²) < 4.78 is 0. The van der Waals surface area contributed by atoms with Crippen LogP contribution in [-0.4, -0.2) is 31.5 Å². The molecule has 1 aromatic carbocycles. The van der Waals surface area contributed by atoms with Gasteiger partial charge in [0, 0.05) is 11.1 Å². The molecule has 2 aromatic rings. The van der Waals surface area contributed by atoms with Crippen LogP contribution < -0.4 is 10.2 Å². The van der Waals surface area contributed by atoms with E-state index in [-0.39, 0.29) is 5.91 Å². The average Bonchev–Trinajstić information content (AvgIpc) is 2.27. The van der Waals surface area contributed by atoms with Crippen molar-refractivity contribution in [2.24, 2.45) is 0 Å². The molecule has 2 rings (SSSR count). The molecule has 0 aliphatic rings. The number of aryl methyl sites for hydroxylation is 1. The third-order valence-electron chi connectivity index (χ3n) is 2.63. The molecule has 0 spiro atoms. The van der Waals surface area contributed by atoms with Gasteiger partial charge in [0.05, 0.1) is 25.3 Å². The highest BCUT2D eigenvalue weighted by Gasteiger charge is 2.09. The van der Waals surface area contributed by atoms with E-state index in [2.05, 4.69) is 10.3 Å². The van der Waals surface area contributed by atoms with E-state index in [1.54, 1.807) is 0 Å². The average molecular weight is 244 g/mol. The molecule has 0 saturated heterocycles. The van der Waals surface area contributed by atoms with Crippen LogP contribution in [0, 0.1) is 6.92 Å². The second kappa shape index (κ2) is 5.14. The predicted molar refractivity (Wildman–Crippen MR) is 72.8 cm³/mol. The molecule has 0 bridgehead atoms. The lowest BCUT2D eigenvalue weighted by Gasteiger charge is -2.11. The molecule has 4 heteroatoms. The highest BCUT2D eigenvalue weighted by atomic mass is 16.2. The van der Waals surface area contributed by atoms with Gasteiger partial charge in [0.25, 0.3) is 5.91 Å². The van der Waals surface area contributed by atoms with Crippen LogP contribution in [0.3, 0.4) is 0 Å². The number of amides is 1. The minimum atomic E-state index is 0.0192. The number of hydrogen-bond donors (Lipinski definition) is 2. The van der Waals surface area contributed by atoms with E-state index >= 15 is 0 Å². The first-order valence-corrected chi connectivity index (χ1v) is 6.01. The molecule has 0 atom stereocenters. The Labute approximate surface area is 107 Å². The number of aromatic nitrogens is 1. The summed E-state index contributed by atoms with van der Waals surface area (Å²) in [7, 11) is 3.91. The van der Waals surface area contributed by atoms with Crippen LogP contribution in [0.2, 0.25) is 0 Å². The topological polar surface area (TPSA) is 46.4 Å². The van der Waals surface area contributed by atoms with Crippen LogP contribution in [-0.2, 0) is 4.79 Å². The minimum Gasteiger partial charge on any atom is -0.332 e. The molecule has 0 saturated carbocycles. The van der Waals surface area contributed by atoms with E-state index in [4.69, 9.17) is 0 Å². The molecule has 1 amide bonds. The lowest BCUT2D eigenvalue weighted by molar-refractivity contribution is -0.849. The lowest BCUT2D eigenvalue weighted by atomic mass is 10.1. The monoisotopic (exact) mass is 244 g/mol. The number of benzene rings is 1. The van der Waals surface area contributed by atoms with Gasteiger partial charge < -0.3 is 10.2 Å². The summed E-state index contributed by atoms with van der Waals surface area (Å²) in [6.07, 6.45) is 0. The van der Waals surface area contributed by atoms with Crippen molar-refractivity contribution < 1.29 is 9.69 Å². The fraction of sp³-hybridized carbons (Fsp3) is 0.286. The number of pyridine rings is 1. The summed E-state index contributed by atoms with van der Waals surface area (Å²) in [5, 5.41) is 3.93. The molecule has 1 heterocycles. The first kappa shape index (κ1) is 12.5. The number of anilines is 1. The van der Waals surface area contributed by atoms with E-state index in [1.807, 2.05) is 51.4 Å². The van der Waals surface area contributed by atoms with Gasteiger partial charge >= 0.3 is 0 Å². The SMILES string of the molecule is Cc1cc(NC(=O)C[NH+](C)C)c2ccccc2n1. The van der Waals surface area contributed by atoms with E-state index in [0.717, 1.165) is 27.2 Å². The molecule has 1 aromatic heterocycles. The number of nitrogens with one attached hydrogen (secondary N) is 2. The summed E-state index contributed by atoms with van der Waals surface area (Å²) in [4.78, 5) is 17.4. The van der Waals surface area contributed by atoms with Crippen molar-refractivity contribution in [1.82, 2.24) is 4.98 Å². The third-order valence-corrected chi connectivity index (χ3v) is 2.63. The van der Waals surface area contributed by atoms with Crippen LogP contribution in [0.4, 0.5) is 5.69 Å². The van der Waals surface area contributed by atoms with Gasteiger partial charge in [-0.2, -0.15) is 0 Å². The highest BCUT2D eigenvalue weighted by molar-refractivity contribution is 6.01. The van der Waals surface area contributed by atoms with Crippen LogP contribution in [0.15, 0.2) is 30.3 Å². The zero-order valence-corrected chi connectivity index (χ0v) is 10.9. The van der Waals surface area contributed by atoms with Crippen LogP contribution in [0.5, 0.6) is 0 Å². The standard InChI is InChI=1S/C14H17N3O/c1-10-8-13(16-14(18)9-17(2)3)11-6-4-5-7-12(11)15-10/h4-8H,9H2,1-3H3,(H,15,16,18)/p+1. The van der Waals surface area contributed by atoms with Crippen molar-refractivity contribution >= 4 is 22.5 Å². The van der Waals surface area contributed by atoms with Crippen molar-refractivity contribution in [3.8, 4) is 0 Å². The van der Waals surface area contributed by atoms with E-state index in [9.17, 15) is 4.79 Å². The number of rotatable bonds is 3. The molecular formula is C14H18N3O+. The largest absolute Gasteiger partial charge is 0.332 e. The summed E-state index contributed by atoms with van der Waals surface area (Å²) in [6, 6.07) is 9.73. The summed E-state index contributed by atoms with van der Waals surface area (Å²) in [5.74, 6) is 0.0192. The smallest absolute Gasteiger partial charge is 0.279 e. The van der Waals surface area contributed by atoms with Gasteiger partial charge in [-0.05, 0) is 19.1 Å². The molecule has 0 radical (unpaired) electrons. The number of carbonyl (C=O) groups excluding carboxylic acids is 1. The van der Waals surface area contributed by atoms with Gasteiger partial charge in [0.15, 0.2) is 6.54 Å². The van der Waals surface area contributed by atoms with Crippen molar-refractivity contribution in [3.63, 3.8) is 0 Å². The Morgan fingerprint density at radius 3 is 2.78 bits per heavy atom. The maximum absolute atomic E-state index is 11.8. The van der Waals surface area contributed by atoms with E-state index in [1.165, 1.54) is 0 Å². The Bertz CT molecular complexity index is 578. The van der Waals surface area contributed by atoms with Gasteiger partial charge in [-0.15, -0.1) is 0 Å². The number of hydrogen-bond acceptors (Lipinski definition) is 2. The predicted octanol–water partition coefficient (Wildman–Crippen LogP) is 0.626. The number of quaternary nitrogens is 1. The highest BCUT2D eigenvalue weighted by Crippen LogP contribution is 2.22. The Morgan fingerprint density at radius 1 is 1.33 bits per heavy atom. The zero-order chi connectivity index (χ0) is 13.1. The van der Waals surface area contributed by atoms with Crippen LogP contribution in [0.25, 0.3) is 10.9 Å². The molecule has 0 aliphatic carbocycles. The molecular weight excluding hydrogens is 226 g/mol. The lowest BCUT2D eigenvalue weighted by Crippen LogP contribution is -3.06. The molecule has 2 N–H and O–H groups in total. The molecule has 94 valence electrons. The van der Waals surface area contributed by atoms with Gasteiger partial charge in [-0.1, -0.05) is 18.2 Å². The quantitative estimate of drug-likeness (QED) is 0.831. The molecule has 4 nitrogen and oxygen atoms in total. The summed E-state index contributed by atoms with van der Waals surface area (Å²) >= 11 is 0. The van der Waals surface area contributed by atoms with Gasteiger partial charge in [-0.25, -0.2) is 0 Å². The second-order valence-electron chi connectivity index (χ2n) is 4.76. The Kier molecular flexibility index (Phi) is 3.58. The molecule has 18 heavy (non-hydrogen) atoms. The van der Waals surface area contributed by atoms with Crippen molar-refractivity contribution in [2.75, 3.05) is 26.0 Å². The number of para-hydroxylation sites is 1. The second-order valence-corrected chi connectivity index (χ2v) is 4.76. The first-order valence-electron chi connectivity index (χ1n) is 6.01. The maximum atomic E-state index is 11.8. The van der Waals surface area contributed by atoms with Crippen molar-refractivity contribution in [3.05, 3.63) is 36.0 Å². The normalized spacial score (nSPS) is 10.9. The number of likely N-dealkylation sites (N-methyl/N-ethyl adjacent to an activating group) is 1. The maximum Gasteiger partial charge on any atom is 0.279 e. The van der Waals surface area contributed by atoms with Gasteiger partial charge in [0.1, 0.15) is 0 Å². The molecule has 0 aliphatic heterocycles. The number of fused-ring (bicyclic) bond motifs is 1. The van der Waals surface area contributed by atoms with Crippen LogP contribution in [0.1, 0.15) is 5.69 Å².